The number of aryl methyl sites for hydroxylation is 1. The van der Waals surface area contributed by atoms with Crippen molar-refractivity contribution in [3.05, 3.63) is 71.6 Å². The van der Waals surface area contributed by atoms with Gasteiger partial charge in [0.1, 0.15) is 23.9 Å². The Morgan fingerprint density at radius 2 is 1.88 bits per heavy atom. The number of hydrogen-bond donors (Lipinski definition) is 1. The highest BCUT2D eigenvalue weighted by Gasteiger charge is 2.20. The predicted molar refractivity (Wildman–Crippen MR) is 93.0 cm³/mol. The Morgan fingerprint density at radius 1 is 1.12 bits per heavy atom. The summed E-state index contributed by atoms with van der Waals surface area (Å²) in [6.07, 6.45) is 0. The number of carbonyl (C=O) groups is 1. The van der Waals surface area contributed by atoms with Gasteiger partial charge in [0.25, 0.3) is 5.91 Å². The largest absolute Gasteiger partial charge is 0.497 e. The van der Waals surface area contributed by atoms with Crippen molar-refractivity contribution in [3.63, 3.8) is 0 Å². The Morgan fingerprint density at radius 3 is 2.64 bits per heavy atom. The van der Waals surface area contributed by atoms with E-state index >= 15 is 0 Å². The van der Waals surface area contributed by atoms with Gasteiger partial charge >= 0.3 is 0 Å². The van der Waals surface area contributed by atoms with Gasteiger partial charge in [-0.25, -0.2) is 0 Å². The highest BCUT2D eigenvalue weighted by Crippen LogP contribution is 2.21. The van der Waals surface area contributed by atoms with Crippen LogP contribution >= 0.6 is 0 Å². The number of ether oxygens (including phenoxy) is 2. The van der Waals surface area contributed by atoms with Crippen LogP contribution in [0.15, 0.2) is 59.1 Å². The van der Waals surface area contributed by atoms with Crippen LogP contribution in [-0.4, -0.2) is 18.2 Å². The summed E-state index contributed by atoms with van der Waals surface area (Å²) >= 11 is 0. The van der Waals surface area contributed by atoms with Gasteiger partial charge in [-0.3, -0.25) is 4.79 Å². The van der Waals surface area contributed by atoms with E-state index in [1.54, 1.807) is 38.3 Å². The fourth-order valence-electron chi connectivity index (χ4n) is 2.30. The van der Waals surface area contributed by atoms with Crippen LogP contribution in [-0.2, 0) is 6.61 Å². The van der Waals surface area contributed by atoms with Crippen molar-refractivity contribution in [3.8, 4) is 11.5 Å². The van der Waals surface area contributed by atoms with E-state index in [0.717, 1.165) is 0 Å². The number of methoxy groups -OCH3 is 1. The van der Waals surface area contributed by atoms with E-state index in [1.165, 1.54) is 0 Å². The summed E-state index contributed by atoms with van der Waals surface area (Å²) in [6, 6.07) is 16.5. The summed E-state index contributed by atoms with van der Waals surface area (Å²) in [6.45, 7) is 1.94. The van der Waals surface area contributed by atoms with Crippen LogP contribution in [0.4, 0.5) is 5.69 Å². The number of anilines is 1. The first-order valence-electron chi connectivity index (χ1n) is 7.76. The number of para-hydroxylation sites is 1. The van der Waals surface area contributed by atoms with E-state index in [-0.39, 0.29) is 18.2 Å². The molecule has 6 nitrogen and oxygen atoms in total. The zero-order chi connectivity index (χ0) is 17.6. The number of nitrogens with one attached hydrogen (secondary N) is 1. The Labute approximate surface area is 145 Å². The summed E-state index contributed by atoms with van der Waals surface area (Å²) in [5.74, 6) is 1.55. The lowest BCUT2D eigenvalue weighted by molar-refractivity contribution is 0.101. The molecular weight excluding hydrogens is 320 g/mol. The summed E-state index contributed by atoms with van der Waals surface area (Å²) in [5, 5.41) is 6.66. The van der Waals surface area contributed by atoms with Gasteiger partial charge in [-0.05, 0) is 31.2 Å². The van der Waals surface area contributed by atoms with E-state index in [9.17, 15) is 4.79 Å². The molecule has 1 N–H and O–H groups in total. The molecule has 0 saturated carbocycles. The molecule has 3 rings (SSSR count). The molecule has 0 bridgehead atoms. The van der Waals surface area contributed by atoms with Gasteiger partial charge in [-0.15, -0.1) is 0 Å². The second-order valence-corrected chi connectivity index (χ2v) is 5.35. The monoisotopic (exact) mass is 338 g/mol. The van der Waals surface area contributed by atoms with Crippen LogP contribution in [0.2, 0.25) is 0 Å². The third-order valence-electron chi connectivity index (χ3n) is 3.65. The third kappa shape index (κ3) is 3.98. The topological polar surface area (TPSA) is 73.6 Å². The predicted octanol–water partition coefficient (Wildman–Crippen LogP) is 3.82. The van der Waals surface area contributed by atoms with E-state index in [1.807, 2.05) is 30.3 Å². The average Bonchev–Trinajstić information content (AvgIpc) is 3.01. The van der Waals surface area contributed by atoms with Gasteiger partial charge in [0.05, 0.1) is 12.7 Å². The van der Waals surface area contributed by atoms with Crippen LogP contribution < -0.4 is 14.8 Å². The van der Waals surface area contributed by atoms with Crippen LogP contribution in [0.1, 0.15) is 21.8 Å². The first kappa shape index (κ1) is 16.6. The number of nitrogens with zero attached hydrogens (tertiary/aromatic N) is 1. The summed E-state index contributed by atoms with van der Waals surface area (Å²) in [7, 11) is 1.57. The van der Waals surface area contributed by atoms with E-state index in [2.05, 4.69) is 10.5 Å². The van der Waals surface area contributed by atoms with Gasteiger partial charge in [-0.1, -0.05) is 29.4 Å². The normalized spacial score (nSPS) is 10.3. The standard InChI is InChI=1S/C19H18N2O4/c1-13-17(12-24-15-8-4-3-5-9-15)18(21-25-13)19(22)20-14-7-6-10-16(11-14)23-2/h3-11H,12H2,1-2H3,(H,20,22). The Hall–Kier alpha value is -3.28. The summed E-state index contributed by atoms with van der Waals surface area (Å²) < 4.78 is 16.0. The second-order valence-electron chi connectivity index (χ2n) is 5.35. The number of carbonyl (C=O) groups excluding carboxylic acids is 1. The van der Waals surface area contributed by atoms with Gasteiger partial charge in [0.2, 0.25) is 0 Å². The minimum Gasteiger partial charge on any atom is -0.497 e. The maximum atomic E-state index is 12.5. The minimum absolute atomic E-state index is 0.195. The number of amides is 1. The van der Waals surface area contributed by atoms with Gasteiger partial charge < -0.3 is 19.3 Å². The molecule has 25 heavy (non-hydrogen) atoms. The highest BCUT2D eigenvalue weighted by atomic mass is 16.5. The molecule has 0 aliphatic rings. The van der Waals surface area contributed by atoms with Crippen molar-refractivity contribution in [2.45, 2.75) is 13.5 Å². The molecule has 1 aromatic heterocycles. The molecule has 0 fully saturated rings. The molecule has 0 atom stereocenters. The summed E-state index contributed by atoms with van der Waals surface area (Å²) in [5.41, 5.74) is 1.43. The molecule has 6 heteroatoms. The third-order valence-corrected chi connectivity index (χ3v) is 3.65. The maximum absolute atomic E-state index is 12.5. The zero-order valence-electron chi connectivity index (χ0n) is 14.0. The lowest BCUT2D eigenvalue weighted by Crippen LogP contribution is -2.15. The number of hydrogen-bond acceptors (Lipinski definition) is 5. The quantitative estimate of drug-likeness (QED) is 0.739. The average molecular weight is 338 g/mol. The Bertz CT molecular complexity index is 859. The van der Waals surface area contributed by atoms with Gasteiger partial charge in [-0.2, -0.15) is 0 Å². The highest BCUT2D eigenvalue weighted by molar-refractivity contribution is 6.04. The first-order valence-corrected chi connectivity index (χ1v) is 7.76. The lowest BCUT2D eigenvalue weighted by atomic mass is 10.2. The first-order chi connectivity index (χ1) is 12.2. The molecule has 0 radical (unpaired) electrons. The number of rotatable bonds is 6. The number of aromatic nitrogens is 1. The molecule has 1 amide bonds. The second kappa shape index (κ2) is 7.53. The van der Waals surface area contributed by atoms with Crippen LogP contribution in [0.25, 0.3) is 0 Å². The molecule has 3 aromatic rings. The zero-order valence-corrected chi connectivity index (χ0v) is 14.0. The van der Waals surface area contributed by atoms with E-state index in [4.69, 9.17) is 14.0 Å². The molecule has 0 spiro atoms. The van der Waals surface area contributed by atoms with Crippen molar-refractivity contribution in [2.75, 3.05) is 12.4 Å². The van der Waals surface area contributed by atoms with Crippen molar-refractivity contribution < 1.29 is 18.8 Å². The molecule has 128 valence electrons. The SMILES string of the molecule is COc1cccc(NC(=O)c2noc(C)c2COc2ccccc2)c1. The fourth-order valence-corrected chi connectivity index (χ4v) is 2.30. The van der Waals surface area contributed by atoms with Gasteiger partial charge in [0.15, 0.2) is 5.69 Å². The number of benzene rings is 2. The molecule has 0 aliphatic carbocycles. The van der Waals surface area contributed by atoms with Crippen LogP contribution in [0, 0.1) is 6.92 Å². The van der Waals surface area contributed by atoms with Gasteiger partial charge in [0, 0.05) is 11.8 Å². The van der Waals surface area contributed by atoms with E-state index < -0.39 is 0 Å². The smallest absolute Gasteiger partial charge is 0.278 e. The van der Waals surface area contributed by atoms with Crippen molar-refractivity contribution >= 4 is 11.6 Å². The fraction of sp³-hybridized carbons (Fsp3) is 0.158. The lowest BCUT2D eigenvalue weighted by Gasteiger charge is -2.08. The van der Waals surface area contributed by atoms with Crippen molar-refractivity contribution in [1.82, 2.24) is 5.16 Å². The van der Waals surface area contributed by atoms with Crippen molar-refractivity contribution in [1.29, 1.82) is 0 Å². The van der Waals surface area contributed by atoms with Crippen molar-refractivity contribution in [2.24, 2.45) is 0 Å². The van der Waals surface area contributed by atoms with E-state index in [0.29, 0.717) is 28.5 Å². The Kier molecular flexibility index (Phi) is 4.99. The molecule has 1 heterocycles. The van der Waals surface area contributed by atoms with Crippen LogP contribution in [0.3, 0.4) is 0 Å². The molecule has 2 aromatic carbocycles. The maximum Gasteiger partial charge on any atom is 0.278 e. The molecule has 0 aliphatic heterocycles. The Balaban J connectivity index is 1.74. The van der Waals surface area contributed by atoms with Crippen LogP contribution in [0.5, 0.6) is 11.5 Å². The minimum atomic E-state index is -0.364. The molecule has 0 saturated heterocycles. The summed E-state index contributed by atoms with van der Waals surface area (Å²) in [4.78, 5) is 12.5. The molecular formula is C19H18N2O4. The molecule has 0 unspecified atom stereocenters.